The van der Waals surface area contributed by atoms with Crippen LogP contribution in [0.2, 0.25) is 5.02 Å². The van der Waals surface area contributed by atoms with Crippen molar-refractivity contribution in [1.82, 2.24) is 14.5 Å². The summed E-state index contributed by atoms with van der Waals surface area (Å²) in [6.07, 6.45) is 3.75. The van der Waals surface area contributed by atoms with Crippen LogP contribution in [-0.2, 0) is 19.9 Å². The Morgan fingerprint density at radius 2 is 1.58 bits per heavy atom. The van der Waals surface area contributed by atoms with E-state index in [1.807, 2.05) is 54.2 Å². The summed E-state index contributed by atoms with van der Waals surface area (Å²) in [6.45, 7) is 14.5. The van der Waals surface area contributed by atoms with Crippen molar-refractivity contribution in [3.8, 4) is 0 Å². The number of anilines is 2. The molecule has 6 rings (SSSR count). The van der Waals surface area contributed by atoms with Gasteiger partial charge in [0.1, 0.15) is 0 Å². The minimum atomic E-state index is -5.28. The molecule has 1 heterocycles. The van der Waals surface area contributed by atoms with Crippen LogP contribution >= 0.6 is 23.4 Å². The molecule has 0 unspecified atom stereocenters. The molecular weight excluding hydrogens is 896 g/mol. The number of sulfone groups is 1. The van der Waals surface area contributed by atoms with E-state index in [9.17, 15) is 30.4 Å². The quantitative estimate of drug-likeness (QED) is 0.0880. The number of hydrogen-bond donors (Lipinski definition) is 2. The number of piperazine rings is 1. The van der Waals surface area contributed by atoms with Crippen LogP contribution < -0.4 is 14.9 Å². The van der Waals surface area contributed by atoms with Crippen molar-refractivity contribution in [1.29, 1.82) is 0 Å². The van der Waals surface area contributed by atoms with Crippen molar-refractivity contribution in [3.63, 3.8) is 0 Å². The minimum Gasteiger partial charge on any atom is -0.380 e. The predicted molar refractivity (Wildman–Crippen MR) is 257 cm³/mol. The fraction of sp³-hybridized carbons (Fsp3) is 0.438. The molecule has 1 atom stereocenters. The second kappa shape index (κ2) is 21.5. The van der Waals surface area contributed by atoms with Crippen molar-refractivity contribution < 1.29 is 30.4 Å². The molecule has 1 aliphatic heterocycles. The Labute approximate surface area is 387 Å². The number of nitrogens with one attached hydrogen (secondary N) is 2. The molecular formula is C48H60ClF2N5O5S3. The van der Waals surface area contributed by atoms with Gasteiger partial charge >= 0.3 is 5.76 Å². The lowest BCUT2D eigenvalue weighted by molar-refractivity contribution is 0.0981. The Balaban J connectivity index is 1.12. The van der Waals surface area contributed by atoms with Crippen LogP contribution in [0.25, 0.3) is 5.57 Å². The molecule has 0 aromatic heterocycles. The van der Waals surface area contributed by atoms with Gasteiger partial charge in [0.15, 0.2) is 0 Å². The van der Waals surface area contributed by atoms with Crippen molar-refractivity contribution in [2.75, 3.05) is 68.8 Å². The van der Waals surface area contributed by atoms with E-state index >= 15 is 0 Å². The highest BCUT2D eigenvalue weighted by molar-refractivity contribution is 7.99. The van der Waals surface area contributed by atoms with E-state index in [4.69, 9.17) is 11.6 Å². The number of hydrogen-bond acceptors (Lipinski definition) is 10. The van der Waals surface area contributed by atoms with E-state index in [1.54, 1.807) is 12.1 Å². The third-order valence-corrected chi connectivity index (χ3v) is 15.9. The summed E-state index contributed by atoms with van der Waals surface area (Å²) in [4.78, 5) is 19.7. The first kappa shape index (κ1) is 49.4. The molecule has 346 valence electrons. The van der Waals surface area contributed by atoms with Crippen LogP contribution in [0.5, 0.6) is 0 Å². The molecule has 64 heavy (non-hydrogen) atoms. The topological polar surface area (TPSA) is 119 Å². The Kier molecular flexibility index (Phi) is 16.6. The van der Waals surface area contributed by atoms with Crippen LogP contribution in [0.15, 0.2) is 117 Å². The largest absolute Gasteiger partial charge is 0.380 e. The number of halogens is 3. The molecule has 0 saturated carbocycles. The molecule has 2 aliphatic rings. The molecule has 1 aliphatic carbocycles. The van der Waals surface area contributed by atoms with Gasteiger partial charge in [-0.25, -0.2) is 21.6 Å². The molecule has 0 bridgehead atoms. The van der Waals surface area contributed by atoms with Gasteiger partial charge in [0, 0.05) is 72.2 Å². The monoisotopic (exact) mass is 955 g/mol. The third-order valence-electron chi connectivity index (χ3n) is 11.8. The lowest BCUT2D eigenvalue weighted by atomic mass is 9.73. The molecule has 4 aromatic rings. The number of benzene rings is 4. The summed E-state index contributed by atoms with van der Waals surface area (Å²) < 4.78 is 83.7. The maximum absolute atomic E-state index is 14.2. The van der Waals surface area contributed by atoms with E-state index in [2.05, 4.69) is 59.8 Å². The van der Waals surface area contributed by atoms with Crippen molar-refractivity contribution in [2.45, 2.75) is 79.9 Å². The Morgan fingerprint density at radius 3 is 2.22 bits per heavy atom. The van der Waals surface area contributed by atoms with Gasteiger partial charge in [-0.1, -0.05) is 75.2 Å². The lowest BCUT2D eigenvalue weighted by Gasteiger charge is -2.39. The summed E-state index contributed by atoms with van der Waals surface area (Å²) in [5.74, 6) is -3.87. The third kappa shape index (κ3) is 13.3. The number of alkyl halides is 2. The first-order chi connectivity index (χ1) is 30.3. The standard InChI is InChI=1S/C48H60ClF2N5O5S3/c1-34(2)31-54(5)24-22-39(33-62-41-9-7-6-8-10-41)52-44-20-19-42(29-45(44)63(58,59)47(50)51)64(60,61)53-46(57)36-13-17-40(18-14-36)56-27-25-55(26-28-56)32-37-30-48(3,4)23-21-43(37)35-11-15-38(49)16-12-35/h6-20,29,34,39,47,52H,21-28,30-33H2,1-5H3,(H,53,57)/t39-/m1/s1. The Morgan fingerprint density at radius 1 is 0.906 bits per heavy atom. The number of sulfonamides is 1. The van der Waals surface area contributed by atoms with E-state index in [1.165, 1.54) is 46.7 Å². The normalized spacial score (nSPS) is 16.7. The first-order valence-corrected chi connectivity index (χ1v) is 26.1. The van der Waals surface area contributed by atoms with Gasteiger partial charge in [0.2, 0.25) is 9.84 Å². The molecule has 1 fully saturated rings. The number of rotatable bonds is 19. The molecule has 0 radical (unpaired) electrons. The lowest BCUT2D eigenvalue weighted by Crippen LogP contribution is -2.47. The second-order valence-corrected chi connectivity index (χ2v) is 23.1. The van der Waals surface area contributed by atoms with Gasteiger partial charge in [-0.2, -0.15) is 8.78 Å². The maximum atomic E-state index is 14.2. The summed E-state index contributed by atoms with van der Waals surface area (Å²) >= 11 is 7.72. The van der Waals surface area contributed by atoms with Crippen molar-refractivity contribution in [3.05, 3.63) is 119 Å². The predicted octanol–water partition coefficient (Wildman–Crippen LogP) is 9.79. The summed E-state index contributed by atoms with van der Waals surface area (Å²) in [5, 5.41) is 3.87. The van der Waals surface area contributed by atoms with Crippen LogP contribution in [0.1, 0.15) is 69.3 Å². The minimum absolute atomic E-state index is 0.0624. The summed E-state index contributed by atoms with van der Waals surface area (Å²) in [5.41, 5.74) is 5.14. The van der Waals surface area contributed by atoms with E-state index < -0.39 is 41.3 Å². The smallest absolute Gasteiger partial charge is 0.341 e. The summed E-state index contributed by atoms with van der Waals surface area (Å²) in [6, 6.07) is 26.9. The maximum Gasteiger partial charge on any atom is 0.341 e. The number of carbonyl (C=O) groups excluding carboxylic acids is 1. The van der Waals surface area contributed by atoms with Crippen molar-refractivity contribution >= 4 is 66.1 Å². The SMILES string of the molecule is CC(C)CN(C)CC[C@H](CSc1ccccc1)Nc1ccc(S(=O)(=O)NC(=O)c2ccc(N3CCN(CC4=C(c5ccc(Cl)cc5)CCC(C)(C)C4)CC3)cc2)cc1S(=O)(=O)C(F)F. The van der Waals surface area contributed by atoms with Gasteiger partial charge in [-0.15, -0.1) is 11.8 Å². The average molecular weight is 957 g/mol. The van der Waals surface area contributed by atoms with Crippen molar-refractivity contribution in [2.24, 2.45) is 11.3 Å². The fourth-order valence-corrected chi connectivity index (χ4v) is 11.5. The van der Waals surface area contributed by atoms with E-state index in [0.29, 0.717) is 30.7 Å². The van der Waals surface area contributed by atoms with E-state index in [-0.39, 0.29) is 22.7 Å². The second-order valence-electron chi connectivity index (χ2n) is 18.0. The highest BCUT2D eigenvalue weighted by Crippen LogP contribution is 2.43. The zero-order valence-electron chi connectivity index (χ0n) is 37.2. The van der Waals surface area contributed by atoms with Crippen LogP contribution in [-0.4, -0.2) is 103 Å². The number of carbonyl (C=O) groups is 1. The fourth-order valence-electron chi connectivity index (χ4n) is 8.40. The average Bonchev–Trinajstić information content (AvgIpc) is 3.25. The molecule has 0 spiro atoms. The molecule has 4 aromatic carbocycles. The number of nitrogens with zero attached hydrogens (tertiary/aromatic N) is 3. The number of thioether (sulfide) groups is 1. The zero-order chi connectivity index (χ0) is 46.2. The van der Waals surface area contributed by atoms with Crippen LogP contribution in [0, 0.1) is 11.3 Å². The molecule has 1 saturated heterocycles. The summed E-state index contributed by atoms with van der Waals surface area (Å²) in [7, 11) is -8.00. The van der Waals surface area contributed by atoms with Gasteiger partial charge in [-0.3, -0.25) is 9.69 Å². The Bertz CT molecular complexity index is 2470. The first-order valence-electron chi connectivity index (χ1n) is 21.7. The highest BCUT2D eigenvalue weighted by Gasteiger charge is 2.33. The van der Waals surface area contributed by atoms with Gasteiger partial charge in [0.25, 0.3) is 15.9 Å². The zero-order valence-corrected chi connectivity index (χ0v) is 40.4. The van der Waals surface area contributed by atoms with Crippen LogP contribution in [0.3, 0.4) is 0 Å². The molecule has 2 N–H and O–H groups in total. The van der Waals surface area contributed by atoms with E-state index in [0.717, 1.165) is 80.2 Å². The molecule has 1 amide bonds. The van der Waals surface area contributed by atoms with Gasteiger partial charge in [0.05, 0.1) is 15.5 Å². The molecule has 10 nitrogen and oxygen atoms in total. The van der Waals surface area contributed by atoms with Gasteiger partial charge in [-0.05, 0) is 128 Å². The van der Waals surface area contributed by atoms with Crippen LogP contribution in [0.4, 0.5) is 20.2 Å². The Hall–Kier alpha value is -3.99. The van der Waals surface area contributed by atoms with Gasteiger partial charge < -0.3 is 15.1 Å². The highest BCUT2D eigenvalue weighted by atomic mass is 35.5. The number of allylic oxidation sites excluding steroid dienone is 1. The molecule has 16 heteroatoms. The number of amides is 1.